The number of hydrogen-bond acceptors (Lipinski definition) is 2. The molecule has 2 rings (SSSR count). The lowest BCUT2D eigenvalue weighted by Crippen LogP contribution is -2.32. The zero-order valence-corrected chi connectivity index (χ0v) is 11.0. The van der Waals surface area contributed by atoms with E-state index < -0.39 is 0 Å². The number of benzene rings is 2. The Labute approximate surface area is 113 Å². The standard InChI is InChI=1S/C15H17ClN2/c16-15-8-6-14(7-9-15)12-18-17-11-10-13-4-2-1-3-5-13/h1-9,17-18H,10-12H2. The molecule has 3 heteroatoms. The van der Waals surface area contributed by atoms with Gasteiger partial charge in [0.25, 0.3) is 0 Å². The molecule has 0 aliphatic rings. The molecule has 2 N–H and O–H groups in total. The van der Waals surface area contributed by atoms with Crippen molar-refractivity contribution in [3.05, 3.63) is 70.7 Å². The van der Waals surface area contributed by atoms with E-state index in [4.69, 9.17) is 11.6 Å². The van der Waals surface area contributed by atoms with Crippen molar-refractivity contribution in [3.63, 3.8) is 0 Å². The summed E-state index contributed by atoms with van der Waals surface area (Å²) in [5, 5.41) is 0.774. The van der Waals surface area contributed by atoms with Crippen LogP contribution >= 0.6 is 11.6 Å². The molecule has 0 spiro atoms. The summed E-state index contributed by atoms with van der Waals surface area (Å²) >= 11 is 5.83. The van der Waals surface area contributed by atoms with Gasteiger partial charge in [-0.1, -0.05) is 54.1 Å². The first-order chi connectivity index (χ1) is 8.84. The first-order valence-electron chi connectivity index (χ1n) is 6.09. The highest BCUT2D eigenvalue weighted by Gasteiger charge is 1.93. The van der Waals surface area contributed by atoms with Crippen LogP contribution in [0.15, 0.2) is 54.6 Å². The third-order valence-corrected chi connectivity index (χ3v) is 2.96. The third-order valence-electron chi connectivity index (χ3n) is 2.71. The highest BCUT2D eigenvalue weighted by molar-refractivity contribution is 6.30. The van der Waals surface area contributed by atoms with Gasteiger partial charge in [-0.2, -0.15) is 0 Å². The van der Waals surface area contributed by atoms with Crippen LogP contribution in [0.4, 0.5) is 0 Å². The molecule has 0 saturated heterocycles. The first kappa shape index (κ1) is 13.1. The minimum atomic E-state index is 0.774. The Morgan fingerprint density at radius 3 is 2.22 bits per heavy atom. The normalized spacial score (nSPS) is 10.5. The van der Waals surface area contributed by atoms with Gasteiger partial charge in [0, 0.05) is 18.1 Å². The second kappa shape index (κ2) is 7.17. The van der Waals surface area contributed by atoms with Gasteiger partial charge in [0.2, 0.25) is 0 Å². The molecule has 94 valence electrons. The lowest BCUT2D eigenvalue weighted by molar-refractivity contribution is 0.533. The largest absolute Gasteiger partial charge is 0.257 e. The van der Waals surface area contributed by atoms with E-state index in [9.17, 15) is 0 Å². The molecule has 0 unspecified atom stereocenters. The summed E-state index contributed by atoms with van der Waals surface area (Å²) in [7, 11) is 0. The molecule has 0 aliphatic carbocycles. The molecule has 0 radical (unpaired) electrons. The quantitative estimate of drug-likeness (QED) is 0.616. The molecule has 0 atom stereocenters. The Balaban J connectivity index is 1.63. The summed E-state index contributed by atoms with van der Waals surface area (Å²) in [4.78, 5) is 0. The van der Waals surface area contributed by atoms with Gasteiger partial charge in [-0.3, -0.25) is 10.9 Å². The summed E-state index contributed by atoms with van der Waals surface area (Å²) in [5.41, 5.74) is 8.97. The Morgan fingerprint density at radius 2 is 1.50 bits per heavy atom. The summed E-state index contributed by atoms with van der Waals surface area (Å²) in [5.74, 6) is 0. The van der Waals surface area contributed by atoms with E-state index in [1.165, 1.54) is 11.1 Å². The molecular weight excluding hydrogens is 244 g/mol. The van der Waals surface area contributed by atoms with Crippen LogP contribution in [0.1, 0.15) is 11.1 Å². The van der Waals surface area contributed by atoms with Crippen LogP contribution < -0.4 is 10.9 Å². The van der Waals surface area contributed by atoms with Crippen molar-refractivity contribution in [2.24, 2.45) is 0 Å². The number of halogens is 1. The molecule has 2 aromatic carbocycles. The first-order valence-corrected chi connectivity index (χ1v) is 6.46. The second-order valence-electron chi connectivity index (χ2n) is 4.14. The Hall–Kier alpha value is -1.35. The van der Waals surface area contributed by atoms with Crippen LogP contribution in [0.5, 0.6) is 0 Å². The van der Waals surface area contributed by atoms with E-state index >= 15 is 0 Å². The Bertz CT molecular complexity index is 454. The predicted octanol–water partition coefficient (Wildman–Crippen LogP) is 3.18. The molecule has 0 fully saturated rings. The molecule has 0 aromatic heterocycles. The van der Waals surface area contributed by atoms with Gasteiger partial charge in [-0.15, -0.1) is 0 Å². The molecule has 0 bridgehead atoms. The minimum absolute atomic E-state index is 0.774. The zero-order chi connectivity index (χ0) is 12.6. The highest BCUT2D eigenvalue weighted by Crippen LogP contribution is 2.08. The minimum Gasteiger partial charge on any atom is -0.257 e. The number of rotatable bonds is 6. The topological polar surface area (TPSA) is 24.1 Å². The molecule has 0 amide bonds. The van der Waals surface area contributed by atoms with Crippen LogP contribution in [-0.2, 0) is 13.0 Å². The van der Waals surface area contributed by atoms with Gasteiger partial charge >= 0.3 is 0 Å². The molecule has 18 heavy (non-hydrogen) atoms. The van der Waals surface area contributed by atoms with Crippen molar-refractivity contribution in [2.45, 2.75) is 13.0 Å². The van der Waals surface area contributed by atoms with Crippen molar-refractivity contribution in [3.8, 4) is 0 Å². The zero-order valence-electron chi connectivity index (χ0n) is 10.2. The fourth-order valence-corrected chi connectivity index (χ4v) is 1.83. The average Bonchev–Trinajstić information content (AvgIpc) is 2.42. The molecule has 2 aromatic rings. The smallest absolute Gasteiger partial charge is 0.0406 e. The summed E-state index contributed by atoms with van der Waals surface area (Å²) < 4.78 is 0. The summed E-state index contributed by atoms with van der Waals surface area (Å²) in [6, 6.07) is 18.3. The van der Waals surface area contributed by atoms with Gasteiger partial charge in [-0.05, 0) is 29.7 Å². The van der Waals surface area contributed by atoms with Crippen molar-refractivity contribution in [1.82, 2.24) is 10.9 Å². The molecule has 0 saturated carbocycles. The number of hydrogen-bond donors (Lipinski definition) is 2. The monoisotopic (exact) mass is 260 g/mol. The maximum Gasteiger partial charge on any atom is 0.0406 e. The van der Waals surface area contributed by atoms with E-state index in [2.05, 4.69) is 35.1 Å². The van der Waals surface area contributed by atoms with Gasteiger partial charge in [0.15, 0.2) is 0 Å². The van der Waals surface area contributed by atoms with Gasteiger partial charge < -0.3 is 0 Å². The van der Waals surface area contributed by atoms with Crippen LogP contribution in [0.3, 0.4) is 0 Å². The maximum atomic E-state index is 5.83. The highest BCUT2D eigenvalue weighted by atomic mass is 35.5. The van der Waals surface area contributed by atoms with E-state index in [1.807, 2.05) is 30.3 Å². The predicted molar refractivity (Wildman–Crippen MR) is 76.4 cm³/mol. The lowest BCUT2D eigenvalue weighted by atomic mass is 10.2. The van der Waals surface area contributed by atoms with Gasteiger partial charge in [0.05, 0.1) is 0 Å². The average molecular weight is 261 g/mol. The van der Waals surface area contributed by atoms with Crippen LogP contribution in [-0.4, -0.2) is 6.54 Å². The van der Waals surface area contributed by atoms with E-state index in [1.54, 1.807) is 0 Å². The maximum absolute atomic E-state index is 5.83. The van der Waals surface area contributed by atoms with Crippen molar-refractivity contribution in [1.29, 1.82) is 0 Å². The van der Waals surface area contributed by atoms with Crippen molar-refractivity contribution < 1.29 is 0 Å². The molecule has 2 nitrogen and oxygen atoms in total. The summed E-state index contributed by atoms with van der Waals surface area (Å²) in [6.45, 7) is 1.71. The van der Waals surface area contributed by atoms with Crippen LogP contribution in [0.25, 0.3) is 0 Å². The Kier molecular flexibility index (Phi) is 5.21. The van der Waals surface area contributed by atoms with E-state index in [-0.39, 0.29) is 0 Å². The molecule has 0 heterocycles. The van der Waals surface area contributed by atoms with Crippen LogP contribution in [0, 0.1) is 0 Å². The Morgan fingerprint density at radius 1 is 0.778 bits per heavy atom. The number of hydrazine groups is 1. The fourth-order valence-electron chi connectivity index (χ4n) is 1.71. The fraction of sp³-hybridized carbons (Fsp3) is 0.200. The molecular formula is C15H17ClN2. The van der Waals surface area contributed by atoms with Gasteiger partial charge in [-0.25, -0.2) is 0 Å². The van der Waals surface area contributed by atoms with Gasteiger partial charge in [0.1, 0.15) is 0 Å². The summed E-state index contributed by atoms with van der Waals surface area (Å²) in [6.07, 6.45) is 1.02. The second-order valence-corrected chi connectivity index (χ2v) is 4.58. The third kappa shape index (κ3) is 4.49. The van der Waals surface area contributed by atoms with E-state index in [0.29, 0.717) is 0 Å². The lowest BCUT2D eigenvalue weighted by Gasteiger charge is -2.07. The molecule has 0 aliphatic heterocycles. The number of nitrogens with one attached hydrogen (secondary N) is 2. The van der Waals surface area contributed by atoms with Crippen LogP contribution in [0.2, 0.25) is 5.02 Å². The van der Waals surface area contributed by atoms with Crippen molar-refractivity contribution in [2.75, 3.05) is 6.54 Å². The van der Waals surface area contributed by atoms with Crippen molar-refractivity contribution >= 4 is 11.6 Å². The van der Waals surface area contributed by atoms with E-state index in [0.717, 1.165) is 24.5 Å². The SMILES string of the molecule is Clc1ccc(CNNCCc2ccccc2)cc1.